The van der Waals surface area contributed by atoms with Crippen LogP contribution in [0.4, 0.5) is 10.5 Å². The van der Waals surface area contributed by atoms with Crippen molar-refractivity contribution in [2.75, 3.05) is 11.9 Å². The molecule has 1 atom stereocenters. The van der Waals surface area contributed by atoms with Crippen LogP contribution in [-0.4, -0.2) is 23.8 Å². The van der Waals surface area contributed by atoms with Crippen LogP contribution in [0.2, 0.25) is 0 Å². The van der Waals surface area contributed by atoms with Gasteiger partial charge in [0.15, 0.2) is 0 Å². The fourth-order valence-electron chi connectivity index (χ4n) is 1.94. The third-order valence-corrected chi connectivity index (χ3v) is 3.10. The average molecular weight is 318 g/mol. The van der Waals surface area contributed by atoms with Crippen molar-refractivity contribution < 1.29 is 23.6 Å². The Bertz CT molecular complexity index is 681. The monoisotopic (exact) mass is 318 g/mol. The van der Waals surface area contributed by atoms with E-state index in [1.54, 1.807) is 20.8 Å². The van der Waals surface area contributed by atoms with E-state index in [0.717, 1.165) is 5.56 Å². The van der Waals surface area contributed by atoms with Gasteiger partial charge in [0.25, 0.3) is 5.76 Å². The first kappa shape index (κ1) is 16.5. The van der Waals surface area contributed by atoms with E-state index in [0.29, 0.717) is 5.69 Å². The minimum absolute atomic E-state index is 0.147. The van der Waals surface area contributed by atoms with Gasteiger partial charge in [-0.1, -0.05) is 35.5 Å². The minimum Gasteiger partial charge on any atom is -0.460 e. The molecule has 23 heavy (non-hydrogen) atoms. The molecule has 2 rings (SSSR count). The lowest BCUT2D eigenvalue weighted by Crippen LogP contribution is -2.18. The number of aryl methyl sites for hydroxylation is 1. The summed E-state index contributed by atoms with van der Waals surface area (Å²) in [6.07, 6.45) is -1.15. The van der Waals surface area contributed by atoms with Crippen molar-refractivity contribution in [3.8, 4) is 0 Å². The van der Waals surface area contributed by atoms with Gasteiger partial charge in [0.05, 0.1) is 6.61 Å². The van der Waals surface area contributed by atoms with Gasteiger partial charge in [-0.15, -0.1) is 0 Å². The molecule has 1 aromatic heterocycles. The molecular weight excluding hydrogens is 300 g/mol. The van der Waals surface area contributed by atoms with Gasteiger partial charge in [-0.2, -0.15) is 0 Å². The standard InChI is InChI=1S/C16H18N2O5/c1-4-21-15(19)14-13(10(2)18-23-14)17-16(20)22-11(3)12-8-6-5-7-9-12/h5-9,11H,4H2,1-3H3,(H,17,20)/t11-/m1/s1. The van der Waals surface area contributed by atoms with Gasteiger partial charge >= 0.3 is 12.1 Å². The molecule has 7 nitrogen and oxygen atoms in total. The molecule has 0 aliphatic carbocycles. The molecule has 0 bridgehead atoms. The zero-order valence-corrected chi connectivity index (χ0v) is 13.2. The van der Waals surface area contributed by atoms with E-state index in [2.05, 4.69) is 10.5 Å². The van der Waals surface area contributed by atoms with Crippen molar-refractivity contribution >= 4 is 17.7 Å². The Labute approximate surface area is 133 Å². The van der Waals surface area contributed by atoms with Gasteiger partial charge in [-0.05, 0) is 26.3 Å². The number of amides is 1. The second-order valence-corrected chi connectivity index (χ2v) is 4.78. The van der Waals surface area contributed by atoms with Crippen molar-refractivity contribution in [1.82, 2.24) is 5.16 Å². The van der Waals surface area contributed by atoms with Crippen LogP contribution in [0.25, 0.3) is 0 Å². The summed E-state index contributed by atoms with van der Waals surface area (Å²) in [6, 6.07) is 9.30. The zero-order chi connectivity index (χ0) is 16.8. The summed E-state index contributed by atoms with van der Waals surface area (Å²) in [5.41, 5.74) is 1.36. The molecule has 0 aliphatic rings. The lowest BCUT2D eigenvalue weighted by atomic mass is 10.1. The third-order valence-electron chi connectivity index (χ3n) is 3.10. The smallest absolute Gasteiger partial charge is 0.412 e. The lowest BCUT2D eigenvalue weighted by Gasteiger charge is -2.14. The number of aromatic nitrogens is 1. The van der Waals surface area contributed by atoms with E-state index >= 15 is 0 Å². The second kappa shape index (κ2) is 7.44. The number of hydrogen-bond donors (Lipinski definition) is 1. The van der Waals surface area contributed by atoms with Gasteiger partial charge in [0.2, 0.25) is 0 Å². The Morgan fingerprint density at radius 3 is 2.65 bits per heavy atom. The summed E-state index contributed by atoms with van der Waals surface area (Å²) in [7, 11) is 0. The Morgan fingerprint density at radius 2 is 2.00 bits per heavy atom. The number of nitrogens with one attached hydrogen (secondary N) is 1. The first-order chi connectivity index (χ1) is 11.0. The number of nitrogens with zero attached hydrogens (tertiary/aromatic N) is 1. The molecule has 0 aliphatic heterocycles. The van der Waals surface area contributed by atoms with E-state index in [4.69, 9.17) is 14.0 Å². The fraction of sp³-hybridized carbons (Fsp3) is 0.312. The van der Waals surface area contributed by atoms with Gasteiger partial charge in [0.1, 0.15) is 17.5 Å². The maximum absolute atomic E-state index is 12.0. The molecule has 0 fully saturated rings. The van der Waals surface area contributed by atoms with Crippen molar-refractivity contribution in [1.29, 1.82) is 0 Å². The number of rotatable bonds is 5. The van der Waals surface area contributed by atoms with Gasteiger partial charge in [-0.3, -0.25) is 5.32 Å². The Kier molecular flexibility index (Phi) is 5.35. The highest BCUT2D eigenvalue weighted by Crippen LogP contribution is 2.23. The first-order valence-electron chi connectivity index (χ1n) is 7.18. The maximum atomic E-state index is 12.0. The number of carbonyl (C=O) groups excluding carboxylic acids is 2. The molecule has 1 N–H and O–H groups in total. The van der Waals surface area contributed by atoms with E-state index in [9.17, 15) is 9.59 Å². The van der Waals surface area contributed by atoms with Crippen molar-refractivity contribution in [3.05, 3.63) is 47.3 Å². The van der Waals surface area contributed by atoms with Crippen LogP contribution in [0.15, 0.2) is 34.9 Å². The van der Waals surface area contributed by atoms with E-state index < -0.39 is 18.2 Å². The highest BCUT2D eigenvalue weighted by atomic mass is 16.6. The van der Waals surface area contributed by atoms with Crippen LogP contribution < -0.4 is 5.32 Å². The number of anilines is 1. The first-order valence-corrected chi connectivity index (χ1v) is 7.18. The summed E-state index contributed by atoms with van der Waals surface area (Å²) in [5.74, 6) is -0.854. The second-order valence-electron chi connectivity index (χ2n) is 4.78. The molecule has 0 radical (unpaired) electrons. The quantitative estimate of drug-likeness (QED) is 0.849. The molecular formula is C16H18N2O5. The topological polar surface area (TPSA) is 90.7 Å². The molecule has 7 heteroatoms. The zero-order valence-electron chi connectivity index (χ0n) is 13.2. The molecule has 0 saturated heterocycles. The van der Waals surface area contributed by atoms with Crippen LogP contribution in [0.1, 0.15) is 41.8 Å². The fourth-order valence-corrected chi connectivity index (χ4v) is 1.94. The van der Waals surface area contributed by atoms with E-state index in [1.807, 2.05) is 30.3 Å². The normalized spacial score (nSPS) is 11.6. The number of benzene rings is 1. The SMILES string of the molecule is CCOC(=O)c1onc(C)c1NC(=O)O[C@H](C)c1ccccc1. The van der Waals surface area contributed by atoms with Crippen LogP contribution in [0.5, 0.6) is 0 Å². The van der Waals surface area contributed by atoms with Crippen LogP contribution in [0, 0.1) is 6.92 Å². The number of ether oxygens (including phenoxy) is 2. The summed E-state index contributed by atoms with van der Waals surface area (Å²) in [4.78, 5) is 23.8. The van der Waals surface area contributed by atoms with Crippen molar-refractivity contribution in [3.63, 3.8) is 0 Å². The summed E-state index contributed by atoms with van der Waals surface area (Å²) in [5, 5.41) is 6.14. The molecule has 0 unspecified atom stereocenters. The highest BCUT2D eigenvalue weighted by molar-refractivity contribution is 5.97. The van der Waals surface area contributed by atoms with E-state index in [1.165, 1.54) is 0 Å². The van der Waals surface area contributed by atoms with Crippen LogP contribution in [0.3, 0.4) is 0 Å². The molecule has 0 spiro atoms. The van der Waals surface area contributed by atoms with Crippen molar-refractivity contribution in [2.45, 2.75) is 26.9 Å². The number of carbonyl (C=O) groups is 2. The maximum Gasteiger partial charge on any atom is 0.412 e. The predicted molar refractivity (Wildman–Crippen MR) is 82.2 cm³/mol. The predicted octanol–water partition coefficient (Wildman–Crippen LogP) is 3.47. The molecule has 122 valence electrons. The summed E-state index contributed by atoms with van der Waals surface area (Å²) < 4.78 is 15.0. The Hall–Kier alpha value is -2.83. The number of hydrogen-bond acceptors (Lipinski definition) is 6. The lowest BCUT2D eigenvalue weighted by molar-refractivity contribution is 0.0481. The Morgan fingerprint density at radius 1 is 1.30 bits per heavy atom. The number of esters is 1. The molecule has 0 saturated carbocycles. The van der Waals surface area contributed by atoms with Gasteiger partial charge < -0.3 is 14.0 Å². The van der Waals surface area contributed by atoms with Crippen molar-refractivity contribution in [2.24, 2.45) is 0 Å². The third kappa shape index (κ3) is 4.09. The Balaban J connectivity index is 2.06. The average Bonchev–Trinajstić information content (AvgIpc) is 2.89. The van der Waals surface area contributed by atoms with Gasteiger partial charge in [0, 0.05) is 0 Å². The van der Waals surface area contributed by atoms with Gasteiger partial charge in [-0.25, -0.2) is 9.59 Å². The molecule has 1 amide bonds. The molecule has 1 aromatic carbocycles. The molecule has 2 aromatic rings. The minimum atomic E-state index is -0.710. The van der Waals surface area contributed by atoms with E-state index in [-0.39, 0.29) is 18.1 Å². The largest absolute Gasteiger partial charge is 0.460 e. The summed E-state index contributed by atoms with van der Waals surface area (Å²) in [6.45, 7) is 5.21. The highest BCUT2D eigenvalue weighted by Gasteiger charge is 2.24. The van der Waals surface area contributed by atoms with Crippen LogP contribution >= 0.6 is 0 Å². The molecule has 1 heterocycles. The van der Waals surface area contributed by atoms with Crippen LogP contribution in [-0.2, 0) is 9.47 Å². The summed E-state index contributed by atoms with van der Waals surface area (Å²) >= 11 is 0.